The van der Waals surface area contributed by atoms with Crippen molar-refractivity contribution in [1.82, 2.24) is 4.90 Å². The van der Waals surface area contributed by atoms with Gasteiger partial charge >= 0.3 is 0 Å². The van der Waals surface area contributed by atoms with Gasteiger partial charge in [-0.05, 0) is 47.0 Å². The highest BCUT2D eigenvalue weighted by molar-refractivity contribution is 9.10. The molecule has 0 aromatic heterocycles. The van der Waals surface area contributed by atoms with Gasteiger partial charge in [0.1, 0.15) is 0 Å². The van der Waals surface area contributed by atoms with Crippen molar-refractivity contribution in [3.8, 4) is 0 Å². The second kappa shape index (κ2) is 7.22. The molecule has 4 nitrogen and oxygen atoms in total. The maximum absolute atomic E-state index is 12.4. The topological polar surface area (TPSA) is 49.4 Å². The Morgan fingerprint density at radius 3 is 2.70 bits per heavy atom. The van der Waals surface area contributed by atoms with E-state index in [9.17, 15) is 9.59 Å². The molecule has 1 atom stereocenters. The first-order chi connectivity index (χ1) is 11.0. The van der Waals surface area contributed by atoms with Crippen LogP contribution in [0.5, 0.6) is 0 Å². The molecule has 2 amide bonds. The lowest BCUT2D eigenvalue weighted by Crippen LogP contribution is -2.38. The van der Waals surface area contributed by atoms with E-state index in [4.69, 9.17) is 11.6 Å². The molecule has 1 aromatic carbocycles. The number of benzene rings is 1. The van der Waals surface area contributed by atoms with Crippen LogP contribution in [-0.2, 0) is 9.59 Å². The Morgan fingerprint density at radius 1 is 1.26 bits per heavy atom. The zero-order chi connectivity index (χ0) is 16.4. The fourth-order valence-corrected chi connectivity index (χ4v) is 3.90. The molecule has 1 aromatic rings. The first-order valence-electron chi connectivity index (χ1n) is 8.10. The Hall–Kier alpha value is -1.07. The Labute approximate surface area is 149 Å². The van der Waals surface area contributed by atoms with Gasteiger partial charge in [0.2, 0.25) is 11.8 Å². The van der Waals surface area contributed by atoms with Crippen molar-refractivity contribution in [2.75, 3.05) is 11.9 Å². The SMILES string of the molecule is O=C(Nc1ccc(Br)c(Cl)c1)C1CC(=O)N(C2CCCCC2)C1. The van der Waals surface area contributed by atoms with Gasteiger partial charge in [-0.1, -0.05) is 30.9 Å². The number of halogens is 2. The minimum absolute atomic E-state index is 0.102. The summed E-state index contributed by atoms with van der Waals surface area (Å²) < 4.78 is 0.789. The van der Waals surface area contributed by atoms with Crippen LogP contribution >= 0.6 is 27.5 Å². The van der Waals surface area contributed by atoms with Crippen molar-refractivity contribution in [2.24, 2.45) is 5.92 Å². The van der Waals surface area contributed by atoms with Crippen LogP contribution in [0.1, 0.15) is 38.5 Å². The average molecular weight is 400 g/mol. The molecule has 6 heteroatoms. The predicted octanol–water partition coefficient (Wildman–Crippen LogP) is 4.22. The molecule has 124 valence electrons. The summed E-state index contributed by atoms with van der Waals surface area (Å²) in [7, 11) is 0. The molecule has 1 N–H and O–H groups in total. The largest absolute Gasteiger partial charge is 0.339 e. The fraction of sp³-hybridized carbons (Fsp3) is 0.529. The van der Waals surface area contributed by atoms with Crippen LogP contribution in [0, 0.1) is 5.92 Å². The standard InChI is InChI=1S/C17H20BrClN2O2/c18-14-7-6-12(9-15(14)19)20-17(23)11-8-16(22)21(10-11)13-4-2-1-3-5-13/h6-7,9,11,13H,1-5,8,10H2,(H,20,23). The van der Waals surface area contributed by atoms with Gasteiger partial charge in [0.15, 0.2) is 0 Å². The van der Waals surface area contributed by atoms with Crippen molar-refractivity contribution < 1.29 is 9.59 Å². The molecule has 3 rings (SSSR count). The summed E-state index contributed by atoms with van der Waals surface area (Å²) in [6.07, 6.45) is 6.08. The number of carbonyl (C=O) groups excluding carboxylic acids is 2. The van der Waals surface area contributed by atoms with Crippen LogP contribution in [0.15, 0.2) is 22.7 Å². The lowest BCUT2D eigenvalue weighted by atomic mass is 9.94. The Kier molecular flexibility index (Phi) is 5.27. The average Bonchev–Trinajstić information content (AvgIpc) is 2.94. The van der Waals surface area contributed by atoms with E-state index in [0.29, 0.717) is 29.7 Å². The van der Waals surface area contributed by atoms with E-state index in [0.717, 1.165) is 17.3 Å². The third-order valence-corrected chi connectivity index (χ3v) is 5.96. The fourth-order valence-electron chi connectivity index (χ4n) is 3.47. The van der Waals surface area contributed by atoms with Gasteiger partial charge in [-0.25, -0.2) is 0 Å². The number of rotatable bonds is 3. The van der Waals surface area contributed by atoms with Gasteiger partial charge in [0.25, 0.3) is 0 Å². The number of hydrogen-bond donors (Lipinski definition) is 1. The van der Waals surface area contributed by atoms with E-state index < -0.39 is 0 Å². The zero-order valence-electron chi connectivity index (χ0n) is 12.9. The smallest absolute Gasteiger partial charge is 0.229 e. The summed E-state index contributed by atoms with van der Waals surface area (Å²) in [4.78, 5) is 26.6. The van der Waals surface area contributed by atoms with Gasteiger partial charge in [-0.15, -0.1) is 0 Å². The molecule has 1 saturated carbocycles. The molecule has 23 heavy (non-hydrogen) atoms. The van der Waals surface area contributed by atoms with Crippen molar-refractivity contribution in [2.45, 2.75) is 44.6 Å². The number of nitrogens with one attached hydrogen (secondary N) is 1. The first kappa shape index (κ1) is 16.8. The molecule has 2 aliphatic rings. The van der Waals surface area contributed by atoms with E-state index in [1.807, 2.05) is 4.90 Å². The Bertz CT molecular complexity index is 617. The maximum atomic E-state index is 12.4. The second-order valence-electron chi connectivity index (χ2n) is 6.36. The Morgan fingerprint density at radius 2 is 2.00 bits per heavy atom. The minimum Gasteiger partial charge on any atom is -0.339 e. The number of likely N-dealkylation sites (tertiary alicyclic amines) is 1. The van der Waals surface area contributed by atoms with E-state index >= 15 is 0 Å². The molecule has 1 heterocycles. The summed E-state index contributed by atoms with van der Waals surface area (Å²) in [6, 6.07) is 5.63. The lowest BCUT2D eigenvalue weighted by molar-refractivity contribution is -0.130. The monoisotopic (exact) mass is 398 g/mol. The summed E-state index contributed by atoms with van der Waals surface area (Å²) in [5.41, 5.74) is 0.659. The van der Waals surface area contributed by atoms with Crippen molar-refractivity contribution in [3.63, 3.8) is 0 Å². The second-order valence-corrected chi connectivity index (χ2v) is 7.62. The van der Waals surface area contributed by atoms with Crippen LogP contribution in [0.3, 0.4) is 0 Å². The van der Waals surface area contributed by atoms with Crippen LogP contribution in [0.25, 0.3) is 0 Å². The van der Waals surface area contributed by atoms with Gasteiger partial charge < -0.3 is 10.2 Å². The number of carbonyl (C=O) groups is 2. The number of amides is 2. The molecule has 2 fully saturated rings. The molecule has 0 bridgehead atoms. The summed E-state index contributed by atoms with van der Waals surface area (Å²) in [5.74, 6) is -0.257. The molecule has 0 radical (unpaired) electrons. The molecule has 0 spiro atoms. The van der Waals surface area contributed by atoms with Gasteiger partial charge in [0.05, 0.1) is 10.9 Å². The Balaban J connectivity index is 1.61. The van der Waals surface area contributed by atoms with Crippen molar-refractivity contribution >= 4 is 45.0 Å². The molecule has 1 unspecified atom stereocenters. The number of anilines is 1. The van der Waals surface area contributed by atoms with E-state index in [-0.39, 0.29) is 17.7 Å². The normalized spacial score (nSPS) is 22.4. The van der Waals surface area contributed by atoms with Crippen LogP contribution < -0.4 is 5.32 Å². The molecule has 1 aliphatic heterocycles. The van der Waals surface area contributed by atoms with Crippen LogP contribution in [-0.4, -0.2) is 29.3 Å². The van der Waals surface area contributed by atoms with Crippen LogP contribution in [0.2, 0.25) is 5.02 Å². The third-order valence-electron chi connectivity index (χ3n) is 4.73. The minimum atomic E-state index is -0.271. The first-order valence-corrected chi connectivity index (χ1v) is 9.27. The lowest BCUT2D eigenvalue weighted by Gasteiger charge is -2.31. The summed E-state index contributed by atoms with van der Waals surface area (Å²) in [6.45, 7) is 0.541. The molecular formula is C17H20BrClN2O2. The molecule has 1 saturated heterocycles. The molecule has 1 aliphatic carbocycles. The van der Waals surface area contributed by atoms with Gasteiger partial charge in [0, 0.05) is 29.2 Å². The van der Waals surface area contributed by atoms with Crippen LogP contribution in [0.4, 0.5) is 5.69 Å². The molecular weight excluding hydrogens is 380 g/mol. The van der Waals surface area contributed by atoms with E-state index in [2.05, 4.69) is 21.2 Å². The van der Waals surface area contributed by atoms with E-state index in [1.54, 1.807) is 18.2 Å². The third kappa shape index (κ3) is 3.89. The van der Waals surface area contributed by atoms with E-state index in [1.165, 1.54) is 19.3 Å². The number of nitrogens with zero attached hydrogens (tertiary/aromatic N) is 1. The zero-order valence-corrected chi connectivity index (χ0v) is 15.2. The van der Waals surface area contributed by atoms with Crippen molar-refractivity contribution in [1.29, 1.82) is 0 Å². The summed E-state index contributed by atoms with van der Waals surface area (Å²) >= 11 is 9.37. The van der Waals surface area contributed by atoms with Gasteiger partial charge in [-0.3, -0.25) is 9.59 Å². The van der Waals surface area contributed by atoms with Crippen molar-refractivity contribution in [3.05, 3.63) is 27.7 Å². The quantitative estimate of drug-likeness (QED) is 0.827. The summed E-state index contributed by atoms with van der Waals surface area (Å²) in [5, 5.41) is 3.42. The predicted molar refractivity (Wildman–Crippen MR) is 94.5 cm³/mol. The number of hydrogen-bond acceptors (Lipinski definition) is 2. The highest BCUT2D eigenvalue weighted by Crippen LogP contribution is 2.30. The van der Waals surface area contributed by atoms with Gasteiger partial charge in [-0.2, -0.15) is 0 Å². The highest BCUT2D eigenvalue weighted by atomic mass is 79.9. The highest BCUT2D eigenvalue weighted by Gasteiger charge is 2.38. The maximum Gasteiger partial charge on any atom is 0.229 e.